The zero-order valence-electron chi connectivity index (χ0n) is 21.3. The Kier molecular flexibility index (Phi) is 6.95. The number of aliphatic hydroxyl groups excluding tert-OH is 1. The molecule has 1 aliphatic carbocycles. The fraction of sp³-hybridized carbons (Fsp3) is 0.520. The lowest BCUT2D eigenvalue weighted by molar-refractivity contribution is -0.144. The first-order valence-electron chi connectivity index (χ1n) is 12.5. The van der Waals surface area contributed by atoms with E-state index in [0.717, 1.165) is 24.6 Å². The first kappa shape index (κ1) is 26.2. The van der Waals surface area contributed by atoms with Crippen LogP contribution in [0.1, 0.15) is 63.5 Å². The summed E-state index contributed by atoms with van der Waals surface area (Å²) in [7, 11) is 0. The van der Waals surface area contributed by atoms with Gasteiger partial charge in [0.15, 0.2) is 5.82 Å². The third-order valence-electron chi connectivity index (χ3n) is 6.76. The van der Waals surface area contributed by atoms with Crippen LogP contribution in [0.5, 0.6) is 0 Å². The number of carbonyl (C=O) groups excluding carboxylic acids is 2. The Bertz CT molecular complexity index is 1350. The third kappa shape index (κ3) is 5.41. The minimum Gasteiger partial charge on any atom is -0.391 e. The van der Waals surface area contributed by atoms with Crippen LogP contribution >= 0.6 is 11.6 Å². The average Bonchev–Trinajstić information content (AvgIpc) is 3.22. The van der Waals surface area contributed by atoms with E-state index in [1.54, 1.807) is 4.68 Å². The normalized spacial score (nSPS) is 20.5. The average molecular weight is 546 g/mol. The van der Waals surface area contributed by atoms with Crippen molar-refractivity contribution in [3.8, 4) is 11.5 Å². The van der Waals surface area contributed by atoms with Crippen molar-refractivity contribution in [1.29, 1.82) is 0 Å². The number of halogens is 2. The smallest absolute Gasteiger partial charge is 0.260 e. The number of benzene rings is 1. The topological polar surface area (TPSA) is 139 Å². The van der Waals surface area contributed by atoms with Gasteiger partial charge in [0.05, 0.1) is 23.9 Å². The lowest BCUT2D eigenvalue weighted by Crippen LogP contribution is -2.50. The van der Waals surface area contributed by atoms with Crippen LogP contribution in [-0.4, -0.2) is 65.6 Å². The minimum absolute atomic E-state index is 0.0237. The molecule has 1 aliphatic heterocycles. The molecule has 0 bridgehead atoms. The second-order valence-electron chi connectivity index (χ2n) is 10.9. The van der Waals surface area contributed by atoms with Gasteiger partial charge in [-0.15, -0.1) is 5.10 Å². The van der Waals surface area contributed by atoms with Crippen LogP contribution in [-0.2, 0) is 16.1 Å². The minimum atomic E-state index is -0.895. The Morgan fingerprint density at radius 1 is 1.32 bits per heavy atom. The van der Waals surface area contributed by atoms with Gasteiger partial charge in [0.1, 0.15) is 17.9 Å². The summed E-state index contributed by atoms with van der Waals surface area (Å²) in [4.78, 5) is 32.5. The molecule has 2 N–H and O–H groups in total. The molecule has 2 unspecified atom stereocenters. The Balaban J connectivity index is 1.29. The predicted molar refractivity (Wildman–Crippen MR) is 133 cm³/mol. The molecule has 11 nitrogen and oxygen atoms in total. The molecule has 3 atom stereocenters. The molecule has 1 saturated carbocycles. The highest BCUT2D eigenvalue weighted by Gasteiger charge is 2.45. The maximum atomic E-state index is 14.2. The van der Waals surface area contributed by atoms with Gasteiger partial charge in [-0.2, -0.15) is 4.98 Å². The van der Waals surface area contributed by atoms with Crippen molar-refractivity contribution in [3.63, 3.8) is 0 Å². The molecular formula is C25H29ClFN7O4. The van der Waals surface area contributed by atoms with Crippen molar-refractivity contribution in [3.05, 3.63) is 46.8 Å². The van der Waals surface area contributed by atoms with Crippen molar-refractivity contribution in [2.24, 2.45) is 5.41 Å². The van der Waals surface area contributed by atoms with Crippen molar-refractivity contribution in [2.75, 3.05) is 6.54 Å². The first-order chi connectivity index (χ1) is 18.0. The van der Waals surface area contributed by atoms with E-state index in [4.69, 9.17) is 16.1 Å². The van der Waals surface area contributed by atoms with E-state index < -0.39 is 35.3 Å². The highest BCUT2D eigenvalue weighted by atomic mass is 35.5. The van der Waals surface area contributed by atoms with E-state index in [0.29, 0.717) is 5.92 Å². The Labute approximate surface area is 223 Å². The second kappa shape index (κ2) is 10.1. The molecule has 2 aliphatic rings. The fourth-order valence-electron chi connectivity index (χ4n) is 4.71. The highest BCUT2D eigenvalue weighted by molar-refractivity contribution is 6.30. The number of hydrogen-bond acceptors (Lipinski definition) is 8. The molecule has 3 heterocycles. The van der Waals surface area contributed by atoms with Gasteiger partial charge in [0.25, 0.3) is 5.89 Å². The number of rotatable bonds is 7. The zero-order valence-corrected chi connectivity index (χ0v) is 22.0. The van der Waals surface area contributed by atoms with E-state index >= 15 is 0 Å². The van der Waals surface area contributed by atoms with Crippen molar-refractivity contribution in [1.82, 2.24) is 35.4 Å². The molecule has 5 rings (SSSR count). The molecule has 2 aromatic heterocycles. The largest absolute Gasteiger partial charge is 0.391 e. The van der Waals surface area contributed by atoms with E-state index in [1.807, 2.05) is 27.0 Å². The predicted octanol–water partition coefficient (Wildman–Crippen LogP) is 2.86. The quantitative estimate of drug-likeness (QED) is 0.462. The molecule has 3 aromatic rings. The monoisotopic (exact) mass is 545 g/mol. The van der Waals surface area contributed by atoms with Crippen LogP contribution in [0.15, 0.2) is 28.9 Å². The van der Waals surface area contributed by atoms with Gasteiger partial charge in [0, 0.05) is 30.1 Å². The lowest BCUT2D eigenvalue weighted by Gasteiger charge is -2.34. The zero-order chi connectivity index (χ0) is 27.2. The number of nitrogens with zero attached hydrogens (tertiary/aromatic N) is 6. The Morgan fingerprint density at radius 2 is 2.08 bits per heavy atom. The number of carbonyl (C=O) groups is 2. The van der Waals surface area contributed by atoms with Gasteiger partial charge >= 0.3 is 0 Å². The molecule has 38 heavy (non-hydrogen) atoms. The van der Waals surface area contributed by atoms with Gasteiger partial charge < -0.3 is 19.8 Å². The molecule has 1 saturated heterocycles. The lowest BCUT2D eigenvalue weighted by atomic mass is 9.85. The third-order valence-corrected chi connectivity index (χ3v) is 6.99. The molecule has 2 amide bonds. The summed E-state index contributed by atoms with van der Waals surface area (Å²) < 4.78 is 20.9. The van der Waals surface area contributed by atoms with Gasteiger partial charge in [-0.25, -0.2) is 9.07 Å². The molecule has 0 spiro atoms. The second-order valence-corrected chi connectivity index (χ2v) is 11.4. The van der Waals surface area contributed by atoms with Crippen LogP contribution in [0.3, 0.4) is 0 Å². The maximum absolute atomic E-state index is 14.2. The van der Waals surface area contributed by atoms with Crippen LogP contribution in [0.25, 0.3) is 11.5 Å². The van der Waals surface area contributed by atoms with Crippen molar-refractivity contribution in [2.45, 2.75) is 70.7 Å². The summed E-state index contributed by atoms with van der Waals surface area (Å²) in [5.74, 6) is -0.945. The number of β-amino-alcohol motifs (C(OH)–C–C–N with tert-alkyl or cyclic N) is 1. The number of amides is 2. The molecule has 202 valence electrons. The summed E-state index contributed by atoms with van der Waals surface area (Å²) >= 11 is 5.79. The van der Waals surface area contributed by atoms with E-state index in [-0.39, 0.29) is 47.7 Å². The number of nitrogens with one attached hydrogen (secondary N) is 1. The van der Waals surface area contributed by atoms with Crippen LogP contribution in [0.4, 0.5) is 4.39 Å². The summed E-state index contributed by atoms with van der Waals surface area (Å²) in [5.41, 5.74) is 0.417. The van der Waals surface area contributed by atoms with Gasteiger partial charge in [-0.1, -0.05) is 42.7 Å². The molecule has 0 radical (unpaired) electrons. The van der Waals surface area contributed by atoms with E-state index in [1.165, 1.54) is 17.0 Å². The molecule has 13 heteroatoms. The van der Waals surface area contributed by atoms with Crippen LogP contribution in [0, 0.1) is 11.2 Å². The van der Waals surface area contributed by atoms with Crippen molar-refractivity contribution < 1.29 is 23.6 Å². The maximum Gasteiger partial charge on any atom is 0.260 e. The summed E-state index contributed by atoms with van der Waals surface area (Å²) in [6.45, 7) is 5.69. The highest BCUT2D eigenvalue weighted by Crippen LogP contribution is 2.40. The number of aromatic nitrogens is 5. The Hall–Kier alpha value is -3.38. The summed E-state index contributed by atoms with van der Waals surface area (Å²) in [5, 5.41) is 25.6. The molecule has 2 fully saturated rings. The number of likely N-dealkylation sites (tertiary alicyclic amines) is 1. The first-order valence-corrected chi connectivity index (χ1v) is 12.8. The van der Waals surface area contributed by atoms with Crippen LogP contribution in [0.2, 0.25) is 5.02 Å². The van der Waals surface area contributed by atoms with E-state index in [2.05, 4.69) is 25.8 Å². The van der Waals surface area contributed by atoms with Gasteiger partial charge in [-0.3, -0.25) is 9.59 Å². The standard InChI is InChI=1S/C25H29ClFN7O4/c1-25(2,3)21(34-12-18(30-32-34)13-4-5-13)24(37)33-11-15(35)9-19(33)22(36)28-10-20-29-23(38-31-20)16-7-6-14(26)8-17(16)27/h6-8,12-13,15,19,21,35H,4-5,9-11H2,1-3H3,(H,28,36)/t15?,19?,21-/m1/s1. The molecular weight excluding hydrogens is 517 g/mol. The van der Waals surface area contributed by atoms with Gasteiger partial charge in [-0.05, 0) is 36.5 Å². The molecule has 1 aromatic carbocycles. The summed E-state index contributed by atoms with van der Waals surface area (Å²) in [6.07, 6.45) is 3.17. The van der Waals surface area contributed by atoms with Crippen molar-refractivity contribution >= 4 is 23.4 Å². The number of hydrogen-bond donors (Lipinski definition) is 2. The fourth-order valence-corrected chi connectivity index (χ4v) is 4.87. The van der Waals surface area contributed by atoms with E-state index in [9.17, 15) is 19.1 Å². The summed E-state index contributed by atoms with van der Waals surface area (Å²) in [6, 6.07) is 2.45. The SMILES string of the molecule is CC(C)(C)[C@@H](C(=O)N1CC(O)CC1C(=O)NCc1noc(-c2ccc(Cl)cc2F)n1)n1cc(C2CC2)nn1. The Morgan fingerprint density at radius 3 is 2.76 bits per heavy atom. The van der Waals surface area contributed by atoms with Gasteiger partial charge in [0.2, 0.25) is 11.8 Å². The van der Waals surface area contributed by atoms with Crippen LogP contribution < -0.4 is 5.32 Å². The number of aliphatic hydroxyl groups is 1.